The number of carbonyl (C=O) groups excluding carboxylic acids is 1. The first-order valence-electron chi connectivity index (χ1n) is 9.24. The lowest BCUT2D eigenvalue weighted by Gasteiger charge is -2.20. The van der Waals surface area contributed by atoms with E-state index in [1.54, 1.807) is 31.3 Å². The third kappa shape index (κ3) is 2.81. The van der Waals surface area contributed by atoms with Crippen LogP contribution in [0.25, 0.3) is 5.52 Å². The normalized spacial score (nSPS) is 15.1. The molecule has 0 amide bonds. The van der Waals surface area contributed by atoms with Gasteiger partial charge in [0, 0.05) is 6.20 Å². The van der Waals surface area contributed by atoms with Gasteiger partial charge in [-0.1, -0.05) is 30.3 Å². The molecule has 0 spiro atoms. The molecular formula is C22H19N3O3. The molecule has 6 heteroatoms. The predicted octanol–water partition coefficient (Wildman–Crippen LogP) is 3.45. The highest BCUT2D eigenvalue weighted by atomic mass is 16.5. The van der Waals surface area contributed by atoms with E-state index in [1.807, 2.05) is 24.3 Å². The van der Waals surface area contributed by atoms with Crippen LogP contribution in [0.15, 0.2) is 53.5 Å². The number of hydrogen-bond donors (Lipinski definition) is 1. The zero-order chi connectivity index (χ0) is 19.7. The molecule has 1 aliphatic carbocycles. The predicted molar refractivity (Wildman–Crippen MR) is 105 cm³/mol. The van der Waals surface area contributed by atoms with Crippen LogP contribution in [0, 0.1) is 11.3 Å². The van der Waals surface area contributed by atoms with E-state index in [2.05, 4.69) is 11.4 Å². The Labute approximate surface area is 162 Å². The maximum atomic E-state index is 12.9. The number of pyridine rings is 2. The van der Waals surface area contributed by atoms with Gasteiger partial charge in [0.25, 0.3) is 5.56 Å². The summed E-state index contributed by atoms with van der Waals surface area (Å²) in [6.45, 7) is 1.92. The smallest absolute Gasteiger partial charge is 0.342 e. The van der Waals surface area contributed by atoms with E-state index in [-0.39, 0.29) is 29.5 Å². The molecule has 2 heterocycles. The molecule has 1 N–H and O–H groups in total. The minimum absolute atomic E-state index is 0.0814. The fourth-order valence-corrected chi connectivity index (χ4v) is 3.84. The maximum Gasteiger partial charge on any atom is 0.342 e. The SMILES string of the molecule is CCOC(=O)c1c(NC2CCc3ccccc32)c(C#N)c(=O)n2ccccc12. The fourth-order valence-electron chi connectivity index (χ4n) is 3.84. The van der Waals surface area contributed by atoms with E-state index in [0.29, 0.717) is 5.52 Å². The van der Waals surface area contributed by atoms with Gasteiger partial charge in [-0.15, -0.1) is 0 Å². The van der Waals surface area contributed by atoms with Crippen molar-refractivity contribution in [3.8, 4) is 6.07 Å². The summed E-state index contributed by atoms with van der Waals surface area (Å²) in [7, 11) is 0. The number of anilines is 1. The summed E-state index contributed by atoms with van der Waals surface area (Å²) < 4.78 is 6.56. The molecule has 0 bridgehead atoms. The number of benzene rings is 1. The van der Waals surface area contributed by atoms with Crippen LogP contribution >= 0.6 is 0 Å². The summed E-state index contributed by atoms with van der Waals surface area (Å²) >= 11 is 0. The maximum absolute atomic E-state index is 12.9. The van der Waals surface area contributed by atoms with E-state index in [1.165, 1.54) is 9.96 Å². The van der Waals surface area contributed by atoms with Gasteiger partial charge >= 0.3 is 5.97 Å². The topological polar surface area (TPSA) is 83.6 Å². The minimum Gasteiger partial charge on any atom is -0.462 e. The number of rotatable bonds is 4. The Kier molecular flexibility index (Phi) is 4.58. The molecule has 6 nitrogen and oxygen atoms in total. The van der Waals surface area contributed by atoms with E-state index in [9.17, 15) is 14.9 Å². The molecule has 1 aromatic carbocycles. The third-order valence-electron chi connectivity index (χ3n) is 5.09. The van der Waals surface area contributed by atoms with Crippen molar-refractivity contribution in [1.82, 2.24) is 4.40 Å². The van der Waals surface area contributed by atoms with Gasteiger partial charge < -0.3 is 10.1 Å². The largest absolute Gasteiger partial charge is 0.462 e. The first-order chi connectivity index (χ1) is 13.7. The zero-order valence-corrected chi connectivity index (χ0v) is 15.4. The van der Waals surface area contributed by atoms with Crippen molar-refractivity contribution in [2.24, 2.45) is 0 Å². The number of nitrogens with zero attached hydrogens (tertiary/aromatic N) is 2. The summed E-state index contributed by atoms with van der Waals surface area (Å²) in [6.07, 6.45) is 3.27. The average molecular weight is 373 g/mol. The van der Waals surface area contributed by atoms with Crippen molar-refractivity contribution in [1.29, 1.82) is 5.26 Å². The number of hydrogen-bond acceptors (Lipinski definition) is 5. The quantitative estimate of drug-likeness (QED) is 0.708. The standard InChI is InChI=1S/C22H19N3O3/c1-2-28-22(27)19-18-9-5-6-12-25(18)21(26)16(13-23)20(19)24-17-11-10-14-7-3-4-8-15(14)17/h3-9,12,17,24H,2,10-11H2,1H3. The van der Waals surface area contributed by atoms with Gasteiger partial charge in [-0.25, -0.2) is 4.79 Å². The highest BCUT2D eigenvalue weighted by molar-refractivity contribution is 6.04. The molecule has 1 aliphatic rings. The van der Waals surface area contributed by atoms with Crippen LogP contribution in [0.5, 0.6) is 0 Å². The number of nitrogens with one attached hydrogen (secondary N) is 1. The lowest BCUT2D eigenvalue weighted by atomic mass is 10.0. The molecule has 0 radical (unpaired) electrons. The zero-order valence-electron chi connectivity index (χ0n) is 15.4. The summed E-state index contributed by atoms with van der Waals surface area (Å²) in [5.41, 5.74) is 2.68. The molecule has 0 aliphatic heterocycles. The van der Waals surface area contributed by atoms with E-state index in [4.69, 9.17) is 4.74 Å². The second kappa shape index (κ2) is 7.20. The highest BCUT2D eigenvalue weighted by Crippen LogP contribution is 2.36. The summed E-state index contributed by atoms with van der Waals surface area (Å²) in [6, 6.07) is 15.1. The van der Waals surface area contributed by atoms with Crippen molar-refractivity contribution in [3.05, 3.63) is 81.3 Å². The Bertz CT molecular complexity index is 1170. The minimum atomic E-state index is -0.559. The monoisotopic (exact) mass is 373 g/mol. The van der Waals surface area contributed by atoms with Crippen LogP contribution in [0.4, 0.5) is 5.69 Å². The second-order valence-electron chi connectivity index (χ2n) is 6.65. The third-order valence-corrected chi connectivity index (χ3v) is 5.09. The summed E-state index contributed by atoms with van der Waals surface area (Å²) in [4.78, 5) is 25.7. The van der Waals surface area contributed by atoms with Gasteiger partial charge in [-0.05, 0) is 43.0 Å². The van der Waals surface area contributed by atoms with Crippen molar-refractivity contribution in [3.63, 3.8) is 0 Å². The van der Waals surface area contributed by atoms with Crippen molar-refractivity contribution in [2.75, 3.05) is 11.9 Å². The molecule has 2 aromatic heterocycles. The Hall–Kier alpha value is -3.59. The van der Waals surface area contributed by atoms with Gasteiger partial charge in [0.1, 0.15) is 17.2 Å². The Morgan fingerprint density at radius 2 is 2.07 bits per heavy atom. The molecule has 28 heavy (non-hydrogen) atoms. The van der Waals surface area contributed by atoms with Crippen molar-refractivity contribution in [2.45, 2.75) is 25.8 Å². The number of nitriles is 1. The van der Waals surface area contributed by atoms with Gasteiger partial charge in [0.05, 0.1) is 23.9 Å². The van der Waals surface area contributed by atoms with Gasteiger partial charge in [0.2, 0.25) is 0 Å². The lowest BCUT2D eigenvalue weighted by molar-refractivity contribution is 0.0529. The van der Waals surface area contributed by atoms with E-state index >= 15 is 0 Å². The highest BCUT2D eigenvalue weighted by Gasteiger charge is 2.28. The average Bonchev–Trinajstić information content (AvgIpc) is 3.12. The lowest BCUT2D eigenvalue weighted by Crippen LogP contribution is -2.25. The molecule has 3 aromatic rings. The van der Waals surface area contributed by atoms with Gasteiger partial charge in [-0.3, -0.25) is 9.20 Å². The summed E-state index contributed by atoms with van der Waals surface area (Å²) in [5, 5.41) is 13.0. The molecule has 1 unspecified atom stereocenters. The van der Waals surface area contributed by atoms with Crippen LogP contribution in [0.3, 0.4) is 0 Å². The van der Waals surface area contributed by atoms with Crippen LogP contribution in [0.1, 0.15) is 46.4 Å². The van der Waals surface area contributed by atoms with Crippen molar-refractivity contribution < 1.29 is 9.53 Å². The number of aromatic nitrogens is 1. The Morgan fingerprint density at radius 1 is 1.29 bits per heavy atom. The van der Waals surface area contributed by atoms with Crippen LogP contribution < -0.4 is 10.9 Å². The number of carbonyl (C=O) groups is 1. The second-order valence-corrected chi connectivity index (χ2v) is 6.65. The van der Waals surface area contributed by atoms with E-state index < -0.39 is 11.5 Å². The molecule has 0 saturated heterocycles. The molecule has 140 valence electrons. The van der Waals surface area contributed by atoms with Crippen molar-refractivity contribution >= 4 is 17.2 Å². The molecule has 0 fully saturated rings. The first-order valence-corrected chi connectivity index (χ1v) is 9.24. The number of fused-ring (bicyclic) bond motifs is 2. The molecule has 1 atom stereocenters. The molecule has 4 rings (SSSR count). The fraction of sp³-hybridized carbons (Fsp3) is 0.227. The molecule has 0 saturated carbocycles. The Morgan fingerprint density at radius 3 is 2.86 bits per heavy atom. The first kappa shape index (κ1) is 17.8. The van der Waals surface area contributed by atoms with Crippen LogP contribution in [0.2, 0.25) is 0 Å². The van der Waals surface area contributed by atoms with Gasteiger partial charge in [0.15, 0.2) is 0 Å². The Balaban J connectivity index is 1.94. The molecular weight excluding hydrogens is 354 g/mol. The van der Waals surface area contributed by atoms with Crippen LogP contribution in [-0.2, 0) is 11.2 Å². The summed E-state index contributed by atoms with van der Waals surface area (Å²) in [5.74, 6) is -0.559. The van der Waals surface area contributed by atoms with E-state index in [0.717, 1.165) is 18.4 Å². The number of aryl methyl sites for hydroxylation is 1. The van der Waals surface area contributed by atoms with Gasteiger partial charge in [-0.2, -0.15) is 5.26 Å². The number of ether oxygens (including phenoxy) is 1. The number of esters is 1. The van der Waals surface area contributed by atoms with Crippen LogP contribution in [-0.4, -0.2) is 17.0 Å².